The van der Waals surface area contributed by atoms with Crippen molar-refractivity contribution in [1.82, 2.24) is 5.16 Å². The van der Waals surface area contributed by atoms with Crippen LogP contribution in [0.5, 0.6) is 0 Å². The second kappa shape index (κ2) is 5.57. The van der Waals surface area contributed by atoms with Gasteiger partial charge in [-0.15, -0.1) is 0 Å². The van der Waals surface area contributed by atoms with E-state index in [0.29, 0.717) is 0 Å². The molecule has 0 aliphatic heterocycles. The lowest BCUT2D eigenvalue weighted by Crippen LogP contribution is -1.81. The summed E-state index contributed by atoms with van der Waals surface area (Å²) in [5.41, 5.74) is 4.14. The third kappa shape index (κ3) is 2.54. The Hall–Kier alpha value is -2.61. The summed E-state index contributed by atoms with van der Waals surface area (Å²) in [4.78, 5) is 0. The van der Waals surface area contributed by atoms with Crippen LogP contribution in [0.15, 0.2) is 65.2 Å². The van der Waals surface area contributed by atoms with Crippen molar-refractivity contribution in [3.05, 3.63) is 77.6 Å². The Morgan fingerprint density at radius 3 is 2.20 bits per heavy atom. The van der Waals surface area contributed by atoms with E-state index in [1.807, 2.05) is 55.5 Å². The Morgan fingerprint density at radius 2 is 1.50 bits per heavy atom. The SMILES string of the molecule is Cc1onc(-c2ccccc2)c1/C=C/c1ccccc1. The molecule has 0 spiro atoms. The first kappa shape index (κ1) is 12.4. The van der Waals surface area contributed by atoms with Gasteiger partial charge in [-0.2, -0.15) is 0 Å². The largest absolute Gasteiger partial charge is 0.360 e. The highest BCUT2D eigenvalue weighted by Crippen LogP contribution is 2.26. The van der Waals surface area contributed by atoms with Crippen LogP contribution in [-0.2, 0) is 0 Å². The van der Waals surface area contributed by atoms with E-state index >= 15 is 0 Å². The van der Waals surface area contributed by atoms with Crippen LogP contribution in [0.2, 0.25) is 0 Å². The Morgan fingerprint density at radius 1 is 0.850 bits per heavy atom. The molecule has 2 heteroatoms. The van der Waals surface area contributed by atoms with E-state index in [9.17, 15) is 0 Å². The lowest BCUT2D eigenvalue weighted by Gasteiger charge is -1.98. The van der Waals surface area contributed by atoms with Gasteiger partial charge < -0.3 is 4.52 Å². The quantitative estimate of drug-likeness (QED) is 0.675. The summed E-state index contributed by atoms with van der Waals surface area (Å²) in [5, 5.41) is 4.17. The highest BCUT2D eigenvalue weighted by molar-refractivity contribution is 5.79. The highest BCUT2D eigenvalue weighted by Gasteiger charge is 2.11. The first-order valence-electron chi connectivity index (χ1n) is 6.59. The van der Waals surface area contributed by atoms with Crippen LogP contribution in [0, 0.1) is 6.92 Å². The van der Waals surface area contributed by atoms with Gasteiger partial charge in [0.05, 0.1) is 0 Å². The molecule has 0 amide bonds. The fourth-order valence-electron chi connectivity index (χ4n) is 2.12. The molecule has 98 valence electrons. The average molecular weight is 261 g/mol. The van der Waals surface area contributed by atoms with Crippen LogP contribution in [0.25, 0.3) is 23.4 Å². The molecule has 3 rings (SSSR count). The molecule has 0 aliphatic carbocycles. The van der Waals surface area contributed by atoms with E-state index in [0.717, 1.165) is 28.1 Å². The first-order chi connectivity index (χ1) is 9.84. The third-order valence-corrected chi connectivity index (χ3v) is 3.20. The number of nitrogens with zero attached hydrogens (tertiary/aromatic N) is 1. The molecule has 0 atom stereocenters. The van der Waals surface area contributed by atoms with Crippen LogP contribution in [0.1, 0.15) is 16.9 Å². The van der Waals surface area contributed by atoms with Crippen LogP contribution < -0.4 is 0 Å². The minimum Gasteiger partial charge on any atom is -0.360 e. The van der Waals surface area contributed by atoms with E-state index in [2.05, 4.69) is 29.4 Å². The van der Waals surface area contributed by atoms with Crippen molar-refractivity contribution in [1.29, 1.82) is 0 Å². The topological polar surface area (TPSA) is 26.0 Å². The maximum Gasteiger partial charge on any atom is 0.141 e. The summed E-state index contributed by atoms with van der Waals surface area (Å²) >= 11 is 0. The van der Waals surface area contributed by atoms with Gasteiger partial charge in [0.15, 0.2) is 0 Å². The molecule has 0 saturated heterocycles. The molecule has 1 aromatic heterocycles. The predicted molar refractivity (Wildman–Crippen MR) is 82.0 cm³/mol. The standard InChI is InChI=1S/C18H15NO/c1-14-17(13-12-15-8-4-2-5-9-15)18(19-20-14)16-10-6-3-7-11-16/h2-13H,1H3/b13-12+. The van der Waals surface area contributed by atoms with Crippen molar-refractivity contribution in [3.63, 3.8) is 0 Å². The monoisotopic (exact) mass is 261 g/mol. The van der Waals surface area contributed by atoms with Crippen molar-refractivity contribution in [2.24, 2.45) is 0 Å². The Kier molecular flexibility index (Phi) is 3.46. The van der Waals surface area contributed by atoms with Gasteiger partial charge >= 0.3 is 0 Å². The smallest absolute Gasteiger partial charge is 0.141 e. The maximum atomic E-state index is 5.34. The molecule has 1 heterocycles. The third-order valence-electron chi connectivity index (χ3n) is 3.20. The van der Waals surface area contributed by atoms with E-state index < -0.39 is 0 Å². The molecule has 0 aliphatic rings. The number of aromatic nitrogens is 1. The van der Waals surface area contributed by atoms with Crippen molar-refractivity contribution < 1.29 is 4.52 Å². The van der Waals surface area contributed by atoms with Crippen LogP contribution >= 0.6 is 0 Å². The number of hydrogen-bond donors (Lipinski definition) is 0. The summed E-state index contributed by atoms with van der Waals surface area (Å²) < 4.78 is 5.34. The Balaban J connectivity index is 1.98. The van der Waals surface area contributed by atoms with E-state index in [1.54, 1.807) is 0 Å². The Labute approximate surface area is 118 Å². The van der Waals surface area contributed by atoms with E-state index in [4.69, 9.17) is 4.52 Å². The van der Waals surface area contributed by atoms with Crippen molar-refractivity contribution in [2.75, 3.05) is 0 Å². The highest BCUT2D eigenvalue weighted by atomic mass is 16.5. The summed E-state index contributed by atoms with van der Waals surface area (Å²) in [7, 11) is 0. The first-order valence-corrected chi connectivity index (χ1v) is 6.59. The lowest BCUT2D eigenvalue weighted by atomic mass is 10.1. The van der Waals surface area contributed by atoms with E-state index in [-0.39, 0.29) is 0 Å². The number of benzene rings is 2. The van der Waals surface area contributed by atoms with Crippen LogP contribution in [-0.4, -0.2) is 5.16 Å². The molecule has 0 saturated carbocycles. The molecule has 20 heavy (non-hydrogen) atoms. The minimum absolute atomic E-state index is 0.830. The number of hydrogen-bond acceptors (Lipinski definition) is 2. The second-order valence-corrected chi connectivity index (χ2v) is 4.61. The summed E-state index contributed by atoms with van der Waals surface area (Å²) in [6.07, 6.45) is 4.13. The van der Waals surface area contributed by atoms with Gasteiger partial charge in [-0.05, 0) is 18.6 Å². The molecule has 0 radical (unpaired) electrons. The number of rotatable bonds is 3. The van der Waals surface area contributed by atoms with Crippen molar-refractivity contribution in [3.8, 4) is 11.3 Å². The molecule has 0 bridgehead atoms. The summed E-state index contributed by atoms with van der Waals surface area (Å²) in [6.45, 7) is 1.93. The lowest BCUT2D eigenvalue weighted by molar-refractivity contribution is 0.399. The van der Waals surface area contributed by atoms with Gasteiger partial charge in [0, 0.05) is 11.1 Å². The second-order valence-electron chi connectivity index (χ2n) is 4.61. The van der Waals surface area contributed by atoms with Gasteiger partial charge in [0.25, 0.3) is 0 Å². The van der Waals surface area contributed by atoms with Crippen LogP contribution in [0.3, 0.4) is 0 Å². The van der Waals surface area contributed by atoms with Crippen molar-refractivity contribution >= 4 is 12.2 Å². The molecule has 0 unspecified atom stereocenters. The van der Waals surface area contributed by atoms with Gasteiger partial charge in [-0.25, -0.2) is 0 Å². The minimum atomic E-state index is 0.830. The van der Waals surface area contributed by atoms with Gasteiger partial charge in [-0.3, -0.25) is 0 Å². The fourth-order valence-corrected chi connectivity index (χ4v) is 2.12. The molecule has 0 N–H and O–H groups in total. The zero-order valence-electron chi connectivity index (χ0n) is 11.3. The zero-order chi connectivity index (χ0) is 13.8. The normalized spacial score (nSPS) is 11.1. The average Bonchev–Trinajstić information content (AvgIpc) is 2.88. The fraction of sp³-hybridized carbons (Fsp3) is 0.0556. The van der Waals surface area contributed by atoms with E-state index in [1.165, 1.54) is 0 Å². The van der Waals surface area contributed by atoms with Gasteiger partial charge in [0.2, 0.25) is 0 Å². The molecule has 3 aromatic rings. The van der Waals surface area contributed by atoms with Crippen LogP contribution in [0.4, 0.5) is 0 Å². The maximum absolute atomic E-state index is 5.34. The van der Waals surface area contributed by atoms with Gasteiger partial charge in [-0.1, -0.05) is 71.9 Å². The number of aryl methyl sites for hydroxylation is 1. The molecular formula is C18H15NO. The summed E-state index contributed by atoms with van der Waals surface area (Å²) in [5.74, 6) is 0.830. The summed E-state index contributed by atoms with van der Waals surface area (Å²) in [6, 6.07) is 20.3. The zero-order valence-corrected chi connectivity index (χ0v) is 11.3. The Bertz CT molecular complexity index is 712. The van der Waals surface area contributed by atoms with Crippen molar-refractivity contribution in [2.45, 2.75) is 6.92 Å². The predicted octanol–water partition coefficient (Wildman–Crippen LogP) is 4.82. The molecule has 0 fully saturated rings. The van der Waals surface area contributed by atoms with Gasteiger partial charge in [0.1, 0.15) is 11.5 Å². The molecular weight excluding hydrogens is 246 g/mol. The molecule has 2 nitrogen and oxygen atoms in total. The molecule has 2 aromatic carbocycles.